The first-order valence-electron chi connectivity index (χ1n) is 10.6. The van der Waals surface area contributed by atoms with Crippen LogP contribution < -0.4 is 15.8 Å². The fraction of sp³-hybridized carbons (Fsp3) is 0.115. The van der Waals surface area contributed by atoms with Crippen LogP contribution in [0, 0.1) is 0 Å². The summed E-state index contributed by atoms with van der Waals surface area (Å²) < 4.78 is 7.57. The minimum absolute atomic E-state index is 0.170. The third-order valence-electron chi connectivity index (χ3n) is 5.07. The number of primary amides is 1. The number of para-hydroxylation sites is 2. The highest BCUT2D eigenvalue weighted by atomic mass is 16.5. The van der Waals surface area contributed by atoms with Gasteiger partial charge in [0.15, 0.2) is 0 Å². The van der Waals surface area contributed by atoms with Crippen LogP contribution in [0.15, 0.2) is 91.1 Å². The molecule has 0 aliphatic carbocycles. The Kier molecular flexibility index (Phi) is 6.80. The van der Waals surface area contributed by atoms with Gasteiger partial charge >= 0.3 is 0 Å². The van der Waals surface area contributed by atoms with Gasteiger partial charge in [0.2, 0.25) is 0 Å². The van der Waals surface area contributed by atoms with Gasteiger partial charge in [0.25, 0.3) is 11.8 Å². The molecule has 0 spiro atoms. The average Bonchev–Trinajstić information content (AvgIpc) is 3.32. The molecule has 4 rings (SSSR count). The van der Waals surface area contributed by atoms with E-state index in [1.165, 1.54) is 0 Å². The number of nitrogens with zero attached hydrogens (tertiary/aromatic N) is 2. The van der Waals surface area contributed by atoms with E-state index >= 15 is 0 Å². The molecule has 1 heterocycles. The van der Waals surface area contributed by atoms with Gasteiger partial charge in [-0.2, -0.15) is 5.10 Å². The van der Waals surface area contributed by atoms with E-state index in [1.54, 1.807) is 42.5 Å². The summed E-state index contributed by atoms with van der Waals surface area (Å²) in [6.07, 6.45) is 2.53. The number of amides is 2. The van der Waals surface area contributed by atoms with Gasteiger partial charge in [-0.05, 0) is 48.0 Å². The molecule has 7 heteroatoms. The van der Waals surface area contributed by atoms with E-state index in [0.717, 1.165) is 16.9 Å². The van der Waals surface area contributed by atoms with Gasteiger partial charge in [-0.15, -0.1) is 0 Å². The van der Waals surface area contributed by atoms with Gasteiger partial charge in [-0.25, -0.2) is 4.68 Å². The number of aromatic nitrogens is 2. The quantitative estimate of drug-likeness (QED) is 0.416. The van der Waals surface area contributed by atoms with Crippen LogP contribution in [0.5, 0.6) is 5.75 Å². The van der Waals surface area contributed by atoms with Crippen LogP contribution >= 0.6 is 0 Å². The predicted octanol–water partition coefficient (Wildman–Crippen LogP) is 3.52. The van der Waals surface area contributed by atoms with Gasteiger partial charge in [0.1, 0.15) is 12.4 Å². The van der Waals surface area contributed by atoms with Crippen molar-refractivity contribution in [2.45, 2.75) is 13.0 Å². The molecule has 2 amide bonds. The van der Waals surface area contributed by atoms with Crippen LogP contribution in [0.3, 0.4) is 0 Å². The Labute approximate surface area is 191 Å². The van der Waals surface area contributed by atoms with Crippen LogP contribution in [0.1, 0.15) is 32.0 Å². The van der Waals surface area contributed by atoms with Gasteiger partial charge in [-0.1, -0.05) is 42.5 Å². The second-order valence-corrected chi connectivity index (χ2v) is 7.44. The number of hydrogen-bond donors (Lipinski definition) is 2. The molecule has 0 unspecified atom stereocenters. The minimum atomic E-state index is -0.549. The highest BCUT2D eigenvalue weighted by Gasteiger charge is 2.10. The average molecular weight is 441 g/mol. The van der Waals surface area contributed by atoms with Crippen LogP contribution in [0.4, 0.5) is 0 Å². The zero-order valence-corrected chi connectivity index (χ0v) is 18.0. The lowest BCUT2D eigenvalue weighted by Crippen LogP contribution is -2.26. The normalized spacial score (nSPS) is 10.5. The first kappa shape index (κ1) is 21.8. The molecule has 0 saturated carbocycles. The Balaban J connectivity index is 1.31. The largest absolute Gasteiger partial charge is 0.488 e. The minimum Gasteiger partial charge on any atom is -0.488 e. The first-order valence-corrected chi connectivity index (χ1v) is 10.6. The van der Waals surface area contributed by atoms with E-state index in [-0.39, 0.29) is 12.5 Å². The zero-order chi connectivity index (χ0) is 23.0. The van der Waals surface area contributed by atoms with Gasteiger partial charge in [-0.3, -0.25) is 9.59 Å². The molecule has 3 N–H and O–H groups in total. The predicted molar refractivity (Wildman–Crippen MR) is 125 cm³/mol. The second-order valence-electron chi connectivity index (χ2n) is 7.44. The fourth-order valence-electron chi connectivity index (χ4n) is 3.39. The van der Waals surface area contributed by atoms with Crippen LogP contribution in [-0.2, 0) is 13.0 Å². The van der Waals surface area contributed by atoms with E-state index in [1.807, 2.05) is 53.3 Å². The Bertz CT molecular complexity index is 1250. The molecule has 4 aromatic rings. The van der Waals surface area contributed by atoms with Crippen molar-refractivity contribution in [2.24, 2.45) is 5.73 Å². The van der Waals surface area contributed by atoms with E-state index < -0.39 is 5.91 Å². The summed E-state index contributed by atoms with van der Waals surface area (Å²) in [4.78, 5) is 24.1. The maximum atomic E-state index is 12.6. The Hall–Kier alpha value is -4.39. The molecule has 0 saturated heterocycles. The topological polar surface area (TPSA) is 99.2 Å². The lowest BCUT2D eigenvalue weighted by molar-refractivity contribution is 0.0952. The summed E-state index contributed by atoms with van der Waals surface area (Å²) in [5.41, 5.74) is 8.94. The lowest BCUT2D eigenvalue weighted by Gasteiger charge is -2.10. The summed E-state index contributed by atoms with van der Waals surface area (Å²) in [6, 6.07) is 25.8. The molecule has 0 radical (unpaired) electrons. The van der Waals surface area contributed by atoms with Crippen LogP contribution in [-0.4, -0.2) is 28.1 Å². The summed E-state index contributed by atoms with van der Waals surface area (Å²) in [5.74, 6) is -0.306. The standard InChI is InChI=1S/C26H24N4O3/c27-25(31)23-11-4-5-12-24(23)33-18-19-7-6-8-20(17-19)26(32)28-15-13-21-14-16-30(29-21)22-9-2-1-3-10-22/h1-12,14,16-17H,13,15,18H2,(H2,27,31)(H,28,32). The molecule has 0 fully saturated rings. The third-order valence-corrected chi connectivity index (χ3v) is 5.07. The smallest absolute Gasteiger partial charge is 0.252 e. The van der Waals surface area contributed by atoms with Crippen LogP contribution in [0.25, 0.3) is 5.69 Å². The molecular formula is C26H24N4O3. The number of benzene rings is 3. The number of nitrogens with one attached hydrogen (secondary N) is 1. The van der Waals surface area contributed by atoms with E-state index in [0.29, 0.717) is 29.8 Å². The molecule has 7 nitrogen and oxygen atoms in total. The number of ether oxygens (including phenoxy) is 1. The molecular weight excluding hydrogens is 416 g/mol. The van der Waals surface area contributed by atoms with Gasteiger partial charge in [0, 0.05) is 24.7 Å². The highest BCUT2D eigenvalue weighted by Crippen LogP contribution is 2.19. The molecule has 0 atom stereocenters. The summed E-state index contributed by atoms with van der Waals surface area (Å²) in [6.45, 7) is 0.680. The van der Waals surface area contributed by atoms with E-state index in [4.69, 9.17) is 10.5 Å². The van der Waals surface area contributed by atoms with Crippen molar-refractivity contribution in [3.05, 3.63) is 114 Å². The number of nitrogens with two attached hydrogens (primary N) is 1. The number of hydrogen-bond acceptors (Lipinski definition) is 4. The SMILES string of the molecule is NC(=O)c1ccccc1OCc1cccc(C(=O)NCCc2ccn(-c3ccccc3)n2)c1. The number of rotatable bonds is 9. The first-order chi connectivity index (χ1) is 16.1. The Morgan fingerprint density at radius 1 is 0.939 bits per heavy atom. The van der Waals surface area contributed by atoms with Crippen molar-refractivity contribution in [1.82, 2.24) is 15.1 Å². The molecule has 3 aromatic carbocycles. The molecule has 0 aliphatic rings. The maximum absolute atomic E-state index is 12.6. The molecule has 166 valence electrons. The second kappa shape index (κ2) is 10.3. The van der Waals surface area contributed by atoms with E-state index in [2.05, 4.69) is 10.4 Å². The molecule has 1 aromatic heterocycles. The monoisotopic (exact) mass is 440 g/mol. The maximum Gasteiger partial charge on any atom is 0.252 e. The van der Waals surface area contributed by atoms with Crippen molar-refractivity contribution >= 4 is 11.8 Å². The fourth-order valence-corrected chi connectivity index (χ4v) is 3.39. The summed E-state index contributed by atoms with van der Waals surface area (Å²) >= 11 is 0. The Morgan fingerprint density at radius 3 is 2.55 bits per heavy atom. The van der Waals surface area contributed by atoms with Crippen molar-refractivity contribution in [2.75, 3.05) is 6.54 Å². The van der Waals surface area contributed by atoms with Crippen molar-refractivity contribution < 1.29 is 14.3 Å². The summed E-state index contributed by atoms with van der Waals surface area (Å²) in [5, 5.41) is 7.48. The van der Waals surface area contributed by atoms with Crippen LogP contribution in [0.2, 0.25) is 0 Å². The lowest BCUT2D eigenvalue weighted by atomic mass is 10.1. The zero-order valence-electron chi connectivity index (χ0n) is 18.0. The highest BCUT2D eigenvalue weighted by molar-refractivity contribution is 5.95. The third kappa shape index (κ3) is 5.65. The van der Waals surface area contributed by atoms with Gasteiger partial charge < -0.3 is 15.8 Å². The molecule has 0 aliphatic heterocycles. The molecule has 0 bridgehead atoms. The summed E-state index contributed by atoms with van der Waals surface area (Å²) in [7, 11) is 0. The van der Waals surface area contributed by atoms with Crippen molar-refractivity contribution in [1.29, 1.82) is 0 Å². The van der Waals surface area contributed by atoms with Gasteiger partial charge in [0.05, 0.1) is 16.9 Å². The van der Waals surface area contributed by atoms with Crippen molar-refractivity contribution in [3.8, 4) is 11.4 Å². The van der Waals surface area contributed by atoms with Crippen molar-refractivity contribution in [3.63, 3.8) is 0 Å². The number of carbonyl (C=O) groups excluding carboxylic acids is 2. The Morgan fingerprint density at radius 2 is 1.73 bits per heavy atom. The number of carbonyl (C=O) groups is 2. The van der Waals surface area contributed by atoms with E-state index in [9.17, 15) is 9.59 Å². The molecule has 33 heavy (non-hydrogen) atoms.